The fraction of sp³-hybridized carbons (Fsp3) is 0.889. The average Bonchev–Trinajstić information content (AvgIpc) is 2.84. The fourth-order valence-corrected chi connectivity index (χ4v) is 2.19. The van der Waals surface area contributed by atoms with Crippen molar-refractivity contribution in [2.24, 2.45) is 0 Å². The van der Waals surface area contributed by atoms with Crippen LogP contribution >= 0.6 is 0 Å². The van der Waals surface area contributed by atoms with Crippen molar-refractivity contribution in [3.63, 3.8) is 0 Å². The van der Waals surface area contributed by atoms with Crippen LogP contribution in [-0.4, -0.2) is 34.6 Å². The second kappa shape index (κ2) is 3.05. The number of hydrogen-bond acceptors (Lipinski definition) is 2. The van der Waals surface area contributed by atoms with Crippen LogP contribution in [0.5, 0.6) is 0 Å². The van der Waals surface area contributed by atoms with Crippen LogP contribution in [0, 0.1) is 0 Å². The first-order valence-electron chi connectivity index (χ1n) is 4.77. The lowest BCUT2D eigenvalue weighted by molar-refractivity contribution is -0.137. The van der Waals surface area contributed by atoms with E-state index in [0.717, 1.165) is 6.54 Å². The lowest BCUT2D eigenvalue weighted by atomic mass is 9.95. The van der Waals surface area contributed by atoms with Crippen LogP contribution in [0.3, 0.4) is 0 Å². The molecule has 1 aliphatic heterocycles. The lowest BCUT2D eigenvalue weighted by Crippen LogP contribution is -2.25. The molecule has 1 N–H and O–H groups in total. The van der Waals surface area contributed by atoms with Gasteiger partial charge in [0.2, 0.25) is 0 Å². The molecular weight excluding hydrogens is 154 g/mol. The van der Waals surface area contributed by atoms with Gasteiger partial charge in [0.15, 0.2) is 0 Å². The summed E-state index contributed by atoms with van der Waals surface area (Å²) in [4.78, 5) is 12.7. The average molecular weight is 169 g/mol. The van der Waals surface area contributed by atoms with E-state index >= 15 is 0 Å². The van der Waals surface area contributed by atoms with Crippen LogP contribution in [0.1, 0.15) is 32.1 Å². The molecule has 0 aromatic heterocycles. The van der Waals surface area contributed by atoms with Gasteiger partial charge in [0, 0.05) is 12.6 Å². The first-order chi connectivity index (χ1) is 5.79. The Hall–Kier alpha value is -0.570. The van der Waals surface area contributed by atoms with Gasteiger partial charge in [0.25, 0.3) is 0 Å². The predicted molar refractivity (Wildman–Crippen MR) is 45.0 cm³/mol. The van der Waals surface area contributed by atoms with Crippen molar-refractivity contribution in [2.75, 3.05) is 6.54 Å². The van der Waals surface area contributed by atoms with Gasteiger partial charge in [0.05, 0.1) is 0 Å². The highest BCUT2D eigenvalue weighted by Crippen LogP contribution is 2.30. The maximum Gasteiger partial charge on any atom is 0.322 e. The lowest BCUT2D eigenvalue weighted by Gasteiger charge is -2.22. The highest BCUT2D eigenvalue weighted by Gasteiger charge is 2.44. The minimum Gasteiger partial charge on any atom is -0.480 e. The van der Waals surface area contributed by atoms with Crippen LogP contribution in [0.4, 0.5) is 0 Å². The van der Waals surface area contributed by atoms with Gasteiger partial charge in [-0.3, -0.25) is 9.69 Å². The maximum atomic E-state index is 10.6. The minimum atomic E-state index is -0.638. The van der Waals surface area contributed by atoms with Gasteiger partial charge < -0.3 is 5.11 Å². The molecule has 2 fully saturated rings. The number of carbonyl (C=O) groups is 1. The third kappa shape index (κ3) is 1.46. The fourth-order valence-electron chi connectivity index (χ4n) is 2.19. The molecule has 2 rings (SSSR count). The molecule has 0 amide bonds. The monoisotopic (exact) mass is 169 g/mol. The Morgan fingerprint density at radius 3 is 2.42 bits per heavy atom. The first kappa shape index (κ1) is 8.05. The van der Waals surface area contributed by atoms with Gasteiger partial charge in [-0.05, 0) is 12.8 Å². The van der Waals surface area contributed by atoms with E-state index < -0.39 is 5.97 Å². The van der Waals surface area contributed by atoms with E-state index in [0.29, 0.717) is 6.04 Å². The molecule has 2 unspecified atom stereocenters. The van der Waals surface area contributed by atoms with Gasteiger partial charge >= 0.3 is 5.97 Å². The summed E-state index contributed by atoms with van der Waals surface area (Å²) in [6.07, 6.45) is 6.33. The van der Waals surface area contributed by atoms with E-state index in [9.17, 15) is 4.79 Å². The zero-order chi connectivity index (χ0) is 8.55. The van der Waals surface area contributed by atoms with Crippen molar-refractivity contribution >= 4 is 5.97 Å². The topological polar surface area (TPSA) is 40.3 Å². The molecule has 3 nitrogen and oxygen atoms in total. The quantitative estimate of drug-likeness (QED) is 0.629. The number of hydrogen-bond donors (Lipinski definition) is 1. The molecule has 2 atom stereocenters. The summed E-state index contributed by atoms with van der Waals surface area (Å²) >= 11 is 0. The third-order valence-electron chi connectivity index (χ3n) is 2.98. The van der Waals surface area contributed by atoms with E-state index in [-0.39, 0.29) is 6.04 Å². The van der Waals surface area contributed by atoms with E-state index in [1.165, 1.54) is 32.1 Å². The predicted octanol–water partition coefficient (Wildman–Crippen LogP) is 1.09. The minimum absolute atomic E-state index is 0.145. The molecule has 0 aromatic rings. The zero-order valence-electron chi connectivity index (χ0n) is 7.20. The summed E-state index contributed by atoms with van der Waals surface area (Å²) in [7, 11) is 0. The number of carboxylic acid groups (broad SMARTS) is 1. The second-order valence-electron chi connectivity index (χ2n) is 3.84. The normalized spacial score (nSPS) is 36.3. The van der Waals surface area contributed by atoms with Gasteiger partial charge in [-0.2, -0.15) is 0 Å². The molecule has 0 bridgehead atoms. The van der Waals surface area contributed by atoms with Crippen LogP contribution in [0.25, 0.3) is 0 Å². The molecule has 0 aromatic carbocycles. The van der Waals surface area contributed by atoms with Crippen LogP contribution < -0.4 is 0 Å². The Balaban J connectivity index is 1.83. The van der Waals surface area contributed by atoms with Gasteiger partial charge in [-0.1, -0.05) is 19.3 Å². The largest absolute Gasteiger partial charge is 0.480 e. The van der Waals surface area contributed by atoms with Gasteiger partial charge in [-0.15, -0.1) is 0 Å². The van der Waals surface area contributed by atoms with Crippen molar-refractivity contribution < 1.29 is 9.90 Å². The summed E-state index contributed by atoms with van der Waals surface area (Å²) in [6, 6.07) is 0.438. The molecule has 0 radical (unpaired) electrons. The number of rotatable bonds is 2. The van der Waals surface area contributed by atoms with Crippen molar-refractivity contribution in [3.8, 4) is 0 Å². The number of aliphatic carboxylic acids is 1. The molecule has 68 valence electrons. The Morgan fingerprint density at radius 1 is 1.25 bits per heavy atom. The summed E-state index contributed by atoms with van der Waals surface area (Å²) in [6.45, 7) is 0.792. The Bertz CT molecular complexity index is 187. The Kier molecular flexibility index (Phi) is 2.05. The highest BCUT2D eigenvalue weighted by atomic mass is 16.4. The van der Waals surface area contributed by atoms with Gasteiger partial charge in [-0.25, -0.2) is 0 Å². The molecule has 3 heteroatoms. The summed E-state index contributed by atoms with van der Waals surface area (Å²) in [5.41, 5.74) is 0. The molecule has 12 heavy (non-hydrogen) atoms. The zero-order valence-corrected chi connectivity index (χ0v) is 7.20. The second-order valence-corrected chi connectivity index (χ2v) is 3.84. The van der Waals surface area contributed by atoms with Crippen LogP contribution in [0.15, 0.2) is 0 Å². The third-order valence-corrected chi connectivity index (χ3v) is 2.98. The molecule has 1 saturated carbocycles. The Morgan fingerprint density at radius 2 is 1.92 bits per heavy atom. The van der Waals surface area contributed by atoms with Crippen molar-refractivity contribution in [1.82, 2.24) is 4.90 Å². The van der Waals surface area contributed by atoms with Crippen LogP contribution in [0.2, 0.25) is 0 Å². The number of carboxylic acids is 1. The van der Waals surface area contributed by atoms with E-state index in [2.05, 4.69) is 4.90 Å². The van der Waals surface area contributed by atoms with E-state index in [1.807, 2.05) is 0 Å². The molecule has 1 heterocycles. The molecule has 1 saturated heterocycles. The van der Waals surface area contributed by atoms with E-state index in [4.69, 9.17) is 5.11 Å². The smallest absolute Gasteiger partial charge is 0.322 e. The van der Waals surface area contributed by atoms with Crippen molar-refractivity contribution in [1.29, 1.82) is 0 Å². The molecule has 1 aliphatic carbocycles. The van der Waals surface area contributed by atoms with Crippen molar-refractivity contribution in [3.05, 3.63) is 0 Å². The summed E-state index contributed by atoms with van der Waals surface area (Å²) < 4.78 is 0. The summed E-state index contributed by atoms with van der Waals surface area (Å²) in [5.74, 6) is -0.638. The first-order valence-corrected chi connectivity index (χ1v) is 4.77. The van der Waals surface area contributed by atoms with Crippen LogP contribution in [-0.2, 0) is 4.79 Å². The van der Waals surface area contributed by atoms with E-state index in [1.54, 1.807) is 0 Å². The van der Waals surface area contributed by atoms with Crippen molar-refractivity contribution in [2.45, 2.75) is 44.2 Å². The maximum absolute atomic E-state index is 10.6. The highest BCUT2D eigenvalue weighted by molar-refractivity contribution is 5.77. The SMILES string of the molecule is O=C(O)C1CN1C1CCCCC1. The van der Waals surface area contributed by atoms with Gasteiger partial charge in [0.1, 0.15) is 6.04 Å². The molecular formula is C9H15NO2. The number of nitrogens with zero attached hydrogens (tertiary/aromatic N) is 1. The molecule has 0 spiro atoms. The summed E-state index contributed by atoms with van der Waals surface area (Å²) in [5, 5.41) is 8.71. The Labute approximate surface area is 72.4 Å². The molecule has 2 aliphatic rings. The standard InChI is InChI=1S/C9H15NO2/c11-9(12)8-6-10(8)7-4-2-1-3-5-7/h7-8H,1-6H2,(H,11,12).